The molecule has 0 saturated carbocycles. The molecule has 2 aromatic rings. The third-order valence-electron chi connectivity index (χ3n) is 3.53. The lowest BCUT2D eigenvalue weighted by atomic mass is 10.0. The van der Waals surface area contributed by atoms with Crippen LogP contribution in [0.1, 0.15) is 47.9 Å². The molecule has 1 unspecified atom stereocenters. The number of benzene rings is 1. The summed E-state index contributed by atoms with van der Waals surface area (Å²) >= 11 is 3.45. The average molecular weight is 335 g/mol. The molecule has 0 aliphatic rings. The van der Waals surface area contributed by atoms with Gasteiger partial charge in [-0.15, -0.1) is 0 Å². The predicted molar refractivity (Wildman–Crippen MR) is 84.1 cm³/mol. The second kappa shape index (κ2) is 6.35. The van der Waals surface area contributed by atoms with Gasteiger partial charge in [0.05, 0.1) is 12.1 Å². The molecule has 0 aliphatic heterocycles. The maximum atomic E-state index is 12.3. The lowest BCUT2D eigenvalue weighted by molar-refractivity contribution is 0.0991. The van der Waals surface area contributed by atoms with Crippen LogP contribution in [0.3, 0.4) is 0 Å². The molecule has 0 amide bonds. The van der Waals surface area contributed by atoms with Gasteiger partial charge in [0.25, 0.3) is 0 Å². The summed E-state index contributed by atoms with van der Waals surface area (Å²) in [6.07, 6.45) is 3.33. The summed E-state index contributed by atoms with van der Waals surface area (Å²) in [5, 5.41) is 4.47. The summed E-state index contributed by atoms with van der Waals surface area (Å²) < 4.78 is 2.95. The van der Waals surface area contributed by atoms with E-state index in [2.05, 4.69) is 34.9 Å². The minimum Gasteiger partial charge on any atom is -0.294 e. The molecule has 1 heterocycles. The summed E-state index contributed by atoms with van der Waals surface area (Å²) in [6, 6.07) is 7.98. The van der Waals surface area contributed by atoms with Crippen molar-refractivity contribution in [3.63, 3.8) is 0 Å². The number of carbonyl (C=O) groups is 1. The summed E-state index contributed by atoms with van der Waals surface area (Å²) in [5.41, 5.74) is 2.64. The highest BCUT2D eigenvalue weighted by molar-refractivity contribution is 9.10. The Morgan fingerprint density at radius 2 is 2.15 bits per heavy atom. The van der Waals surface area contributed by atoms with Crippen LogP contribution in [0.4, 0.5) is 0 Å². The van der Waals surface area contributed by atoms with Crippen molar-refractivity contribution in [3.05, 3.63) is 51.8 Å². The van der Waals surface area contributed by atoms with Crippen molar-refractivity contribution in [2.24, 2.45) is 0 Å². The smallest absolute Gasteiger partial charge is 0.168 e. The predicted octanol–water partition coefficient (Wildman–Crippen LogP) is 4.35. The topological polar surface area (TPSA) is 34.9 Å². The van der Waals surface area contributed by atoms with E-state index in [0.717, 1.165) is 27.7 Å². The first-order valence-corrected chi connectivity index (χ1v) is 7.64. The molecular weight excluding hydrogens is 316 g/mol. The van der Waals surface area contributed by atoms with Gasteiger partial charge >= 0.3 is 0 Å². The number of aromatic nitrogens is 2. The Morgan fingerprint density at radius 1 is 1.40 bits per heavy atom. The Balaban J connectivity index is 2.11. The van der Waals surface area contributed by atoms with Gasteiger partial charge in [-0.3, -0.25) is 9.48 Å². The second-order valence-electron chi connectivity index (χ2n) is 5.11. The van der Waals surface area contributed by atoms with Crippen molar-refractivity contribution in [1.82, 2.24) is 9.78 Å². The van der Waals surface area contributed by atoms with E-state index in [1.807, 2.05) is 42.1 Å². The molecule has 1 aromatic carbocycles. The SMILES string of the molecule is CCC(C)n1ccc(CC(=O)c2ccc(Br)c(C)c2)n1. The van der Waals surface area contributed by atoms with Crippen LogP contribution in [-0.4, -0.2) is 15.6 Å². The van der Waals surface area contributed by atoms with Gasteiger partial charge in [0.15, 0.2) is 5.78 Å². The molecule has 0 N–H and O–H groups in total. The van der Waals surface area contributed by atoms with E-state index in [4.69, 9.17) is 0 Å². The lowest BCUT2D eigenvalue weighted by Crippen LogP contribution is -2.08. The highest BCUT2D eigenvalue weighted by atomic mass is 79.9. The number of carbonyl (C=O) groups excluding carboxylic acids is 1. The van der Waals surface area contributed by atoms with Crippen molar-refractivity contribution in [1.29, 1.82) is 0 Å². The second-order valence-corrected chi connectivity index (χ2v) is 5.96. The Labute approximate surface area is 128 Å². The zero-order valence-electron chi connectivity index (χ0n) is 12.1. The zero-order valence-corrected chi connectivity index (χ0v) is 13.6. The molecular formula is C16H19BrN2O. The molecule has 20 heavy (non-hydrogen) atoms. The number of hydrogen-bond donors (Lipinski definition) is 0. The Hall–Kier alpha value is -1.42. The molecule has 4 heteroatoms. The fourth-order valence-corrected chi connectivity index (χ4v) is 2.24. The van der Waals surface area contributed by atoms with Crippen molar-refractivity contribution >= 4 is 21.7 Å². The third-order valence-corrected chi connectivity index (χ3v) is 4.42. The number of ketones is 1. The fraction of sp³-hybridized carbons (Fsp3) is 0.375. The Bertz CT molecular complexity index is 619. The minimum atomic E-state index is 0.106. The molecule has 0 saturated heterocycles. The first kappa shape index (κ1) is 15.0. The van der Waals surface area contributed by atoms with E-state index in [1.54, 1.807) is 0 Å². The van der Waals surface area contributed by atoms with Crippen molar-refractivity contribution in [2.45, 2.75) is 39.7 Å². The number of halogens is 1. The maximum absolute atomic E-state index is 12.3. The zero-order chi connectivity index (χ0) is 14.7. The first-order chi connectivity index (χ1) is 9.51. The molecule has 106 valence electrons. The van der Waals surface area contributed by atoms with Crippen molar-refractivity contribution in [3.8, 4) is 0 Å². The van der Waals surface area contributed by atoms with E-state index in [9.17, 15) is 4.79 Å². The molecule has 0 bridgehead atoms. The quantitative estimate of drug-likeness (QED) is 0.762. The molecule has 1 aromatic heterocycles. The number of rotatable bonds is 5. The molecule has 0 radical (unpaired) electrons. The van der Waals surface area contributed by atoms with E-state index < -0.39 is 0 Å². The fourth-order valence-electron chi connectivity index (χ4n) is 1.99. The number of hydrogen-bond acceptors (Lipinski definition) is 2. The van der Waals surface area contributed by atoms with Gasteiger partial charge in [-0.05, 0) is 44.0 Å². The van der Waals surface area contributed by atoms with Crippen LogP contribution < -0.4 is 0 Å². The number of Topliss-reactive ketones (excluding diaryl/α,β-unsaturated/α-hetero) is 1. The third kappa shape index (κ3) is 3.37. The largest absolute Gasteiger partial charge is 0.294 e. The van der Waals surface area contributed by atoms with E-state index in [1.165, 1.54) is 0 Å². The minimum absolute atomic E-state index is 0.106. The maximum Gasteiger partial charge on any atom is 0.168 e. The summed E-state index contributed by atoms with van der Waals surface area (Å²) in [7, 11) is 0. The summed E-state index contributed by atoms with van der Waals surface area (Å²) in [4.78, 5) is 12.3. The van der Waals surface area contributed by atoms with Gasteiger partial charge in [-0.1, -0.05) is 28.9 Å². The van der Waals surface area contributed by atoms with Gasteiger partial charge in [0.2, 0.25) is 0 Å². The molecule has 2 rings (SSSR count). The van der Waals surface area contributed by atoms with Crippen LogP contribution in [0.15, 0.2) is 34.9 Å². The van der Waals surface area contributed by atoms with Gasteiger partial charge < -0.3 is 0 Å². The standard InChI is InChI=1S/C16H19BrN2O/c1-4-12(3)19-8-7-14(18-19)10-16(20)13-5-6-15(17)11(2)9-13/h5-9,12H,4,10H2,1-3H3. The highest BCUT2D eigenvalue weighted by Crippen LogP contribution is 2.18. The lowest BCUT2D eigenvalue weighted by Gasteiger charge is -2.08. The Morgan fingerprint density at radius 3 is 2.80 bits per heavy atom. The molecule has 1 atom stereocenters. The Kier molecular flexibility index (Phi) is 4.76. The molecule has 0 aliphatic carbocycles. The van der Waals surface area contributed by atoms with Crippen LogP contribution >= 0.6 is 15.9 Å². The monoisotopic (exact) mass is 334 g/mol. The van der Waals surface area contributed by atoms with Gasteiger partial charge in [-0.2, -0.15) is 5.10 Å². The van der Waals surface area contributed by atoms with Crippen molar-refractivity contribution in [2.75, 3.05) is 0 Å². The van der Waals surface area contributed by atoms with Crippen LogP contribution in [0.5, 0.6) is 0 Å². The van der Waals surface area contributed by atoms with Crippen LogP contribution in [0, 0.1) is 6.92 Å². The van der Waals surface area contributed by atoms with Crippen molar-refractivity contribution < 1.29 is 4.79 Å². The van der Waals surface area contributed by atoms with Gasteiger partial charge in [-0.25, -0.2) is 0 Å². The summed E-state index contributed by atoms with van der Waals surface area (Å²) in [5.74, 6) is 0.106. The van der Waals surface area contributed by atoms with Crippen LogP contribution in [-0.2, 0) is 6.42 Å². The average Bonchev–Trinajstić information content (AvgIpc) is 2.89. The number of aryl methyl sites for hydroxylation is 1. The molecule has 0 fully saturated rings. The van der Waals surface area contributed by atoms with Gasteiger partial charge in [0.1, 0.15) is 0 Å². The van der Waals surface area contributed by atoms with E-state index in [0.29, 0.717) is 12.5 Å². The number of nitrogens with zero attached hydrogens (tertiary/aromatic N) is 2. The normalized spacial score (nSPS) is 12.4. The van der Waals surface area contributed by atoms with Crippen LogP contribution in [0.25, 0.3) is 0 Å². The van der Waals surface area contributed by atoms with Gasteiger partial charge in [0, 0.05) is 22.3 Å². The summed E-state index contributed by atoms with van der Waals surface area (Å²) in [6.45, 7) is 6.23. The first-order valence-electron chi connectivity index (χ1n) is 6.84. The van der Waals surface area contributed by atoms with E-state index in [-0.39, 0.29) is 5.78 Å². The van der Waals surface area contributed by atoms with Crippen LogP contribution in [0.2, 0.25) is 0 Å². The highest BCUT2D eigenvalue weighted by Gasteiger charge is 2.11. The molecule has 3 nitrogen and oxygen atoms in total. The van der Waals surface area contributed by atoms with E-state index >= 15 is 0 Å². The molecule has 0 spiro atoms.